The lowest BCUT2D eigenvalue weighted by Crippen LogP contribution is -2.47. The predicted octanol–water partition coefficient (Wildman–Crippen LogP) is 4.72. The number of benzene rings is 1. The van der Waals surface area contributed by atoms with Crippen LogP contribution in [0.15, 0.2) is 42.6 Å². The molecular formula is C25H32N4O. The van der Waals surface area contributed by atoms with Crippen LogP contribution < -0.4 is 4.90 Å². The molecule has 2 fully saturated rings. The van der Waals surface area contributed by atoms with E-state index in [1.807, 2.05) is 6.20 Å². The number of rotatable bonds is 6. The van der Waals surface area contributed by atoms with Gasteiger partial charge in [0, 0.05) is 62.3 Å². The normalized spacial score (nSPS) is 18.8. The molecule has 1 aliphatic carbocycles. The molecule has 1 aromatic carbocycles. The Hall–Kier alpha value is -2.37. The van der Waals surface area contributed by atoms with Crippen LogP contribution in [0.3, 0.4) is 0 Å². The zero-order valence-electron chi connectivity index (χ0n) is 18.3. The van der Waals surface area contributed by atoms with Gasteiger partial charge >= 0.3 is 0 Å². The van der Waals surface area contributed by atoms with Gasteiger partial charge in [0.25, 0.3) is 0 Å². The van der Waals surface area contributed by atoms with E-state index in [1.54, 1.807) is 7.11 Å². The number of fused-ring (bicyclic) bond motifs is 1. The van der Waals surface area contributed by atoms with Crippen LogP contribution in [0, 0.1) is 0 Å². The Morgan fingerprint density at radius 1 is 1.10 bits per heavy atom. The highest BCUT2D eigenvalue weighted by molar-refractivity contribution is 5.88. The quantitative estimate of drug-likeness (QED) is 0.596. The lowest BCUT2D eigenvalue weighted by molar-refractivity contribution is 0.116. The molecule has 1 saturated carbocycles. The second-order valence-electron chi connectivity index (χ2n) is 8.59. The second kappa shape index (κ2) is 8.05. The first-order valence-electron chi connectivity index (χ1n) is 11.3. The third kappa shape index (κ3) is 3.50. The van der Waals surface area contributed by atoms with Crippen LogP contribution >= 0.6 is 0 Å². The number of hydrogen-bond donors (Lipinski definition) is 0. The number of pyridine rings is 1. The lowest BCUT2D eigenvalue weighted by Gasteiger charge is -2.36. The van der Waals surface area contributed by atoms with Gasteiger partial charge in [0.2, 0.25) is 0 Å². The molecule has 5 heteroatoms. The summed E-state index contributed by atoms with van der Waals surface area (Å²) in [6, 6.07) is 14.1. The summed E-state index contributed by atoms with van der Waals surface area (Å²) in [7, 11) is 1.76. The van der Waals surface area contributed by atoms with E-state index in [0.29, 0.717) is 0 Å². The standard InChI is InChI=1S/C25H32N4O/c1-4-29-23-8-6-5-7-19(23)15-24(29)22-16-21(17-26-25(22)18(2)30-3)28-13-11-27(12-14-28)20-9-10-20/h5-8,15-18,20H,4,9-14H2,1-3H3. The zero-order valence-corrected chi connectivity index (χ0v) is 18.3. The first-order valence-corrected chi connectivity index (χ1v) is 11.3. The van der Waals surface area contributed by atoms with E-state index in [4.69, 9.17) is 9.72 Å². The van der Waals surface area contributed by atoms with Gasteiger partial charge < -0.3 is 14.2 Å². The van der Waals surface area contributed by atoms with Crippen LogP contribution in [-0.2, 0) is 11.3 Å². The largest absolute Gasteiger partial charge is 0.375 e. The van der Waals surface area contributed by atoms with Crippen molar-refractivity contribution in [2.24, 2.45) is 0 Å². The zero-order chi connectivity index (χ0) is 20.7. The minimum Gasteiger partial charge on any atom is -0.375 e. The molecule has 1 saturated heterocycles. The molecule has 0 spiro atoms. The van der Waals surface area contributed by atoms with E-state index in [9.17, 15) is 0 Å². The van der Waals surface area contributed by atoms with Gasteiger partial charge in [0.15, 0.2) is 0 Å². The van der Waals surface area contributed by atoms with Crippen LogP contribution in [-0.4, -0.2) is 53.8 Å². The average molecular weight is 405 g/mol. The Labute approximate surface area is 179 Å². The number of methoxy groups -OCH3 is 1. The maximum atomic E-state index is 5.69. The molecule has 1 atom stereocenters. The van der Waals surface area contributed by atoms with Crippen molar-refractivity contribution in [2.75, 3.05) is 38.2 Å². The first-order chi connectivity index (χ1) is 14.7. The second-order valence-corrected chi connectivity index (χ2v) is 8.59. The highest BCUT2D eigenvalue weighted by atomic mass is 16.5. The van der Waals surface area contributed by atoms with Gasteiger partial charge in [-0.2, -0.15) is 0 Å². The SMILES string of the molecule is CCn1c(-c2cc(N3CCN(C4CC4)CC3)cnc2C(C)OC)cc2ccccc21. The van der Waals surface area contributed by atoms with Crippen molar-refractivity contribution in [3.8, 4) is 11.3 Å². The minimum atomic E-state index is -0.0518. The predicted molar refractivity (Wildman–Crippen MR) is 123 cm³/mol. The Morgan fingerprint density at radius 2 is 1.87 bits per heavy atom. The fourth-order valence-corrected chi connectivity index (χ4v) is 4.84. The van der Waals surface area contributed by atoms with E-state index >= 15 is 0 Å². The summed E-state index contributed by atoms with van der Waals surface area (Å²) >= 11 is 0. The van der Waals surface area contributed by atoms with Crippen molar-refractivity contribution >= 4 is 16.6 Å². The van der Waals surface area contributed by atoms with Crippen molar-refractivity contribution in [2.45, 2.75) is 45.4 Å². The Kier molecular flexibility index (Phi) is 5.25. The van der Waals surface area contributed by atoms with Gasteiger partial charge in [-0.25, -0.2) is 0 Å². The molecule has 0 radical (unpaired) electrons. The summed E-state index contributed by atoms with van der Waals surface area (Å²) < 4.78 is 8.08. The summed E-state index contributed by atoms with van der Waals surface area (Å²) in [6.07, 6.45) is 4.76. The number of aromatic nitrogens is 2. The van der Waals surface area contributed by atoms with Gasteiger partial charge in [-0.05, 0) is 44.9 Å². The topological polar surface area (TPSA) is 33.5 Å². The maximum absolute atomic E-state index is 5.69. The van der Waals surface area contributed by atoms with Crippen LogP contribution in [0.1, 0.15) is 38.5 Å². The van der Waals surface area contributed by atoms with Gasteiger partial charge in [-0.1, -0.05) is 18.2 Å². The van der Waals surface area contributed by atoms with E-state index in [-0.39, 0.29) is 6.10 Å². The molecule has 2 aliphatic rings. The number of anilines is 1. The summed E-state index contributed by atoms with van der Waals surface area (Å²) in [5, 5.41) is 1.27. The molecule has 158 valence electrons. The highest BCUT2D eigenvalue weighted by Crippen LogP contribution is 2.36. The van der Waals surface area contributed by atoms with Gasteiger partial charge in [-0.15, -0.1) is 0 Å². The monoisotopic (exact) mass is 404 g/mol. The molecule has 0 amide bonds. The number of para-hydroxylation sites is 1. The Bertz CT molecular complexity index is 1030. The van der Waals surface area contributed by atoms with E-state index in [0.717, 1.165) is 44.5 Å². The smallest absolute Gasteiger partial charge is 0.0969 e. The van der Waals surface area contributed by atoms with Gasteiger partial charge in [0.05, 0.1) is 29.4 Å². The molecule has 30 heavy (non-hydrogen) atoms. The molecule has 3 aromatic rings. The summed E-state index contributed by atoms with van der Waals surface area (Å²) in [6.45, 7) is 9.69. The highest BCUT2D eigenvalue weighted by Gasteiger charge is 2.31. The number of aryl methyl sites for hydroxylation is 1. The van der Waals surface area contributed by atoms with Crippen molar-refractivity contribution in [1.82, 2.24) is 14.5 Å². The third-order valence-corrected chi connectivity index (χ3v) is 6.79. The van der Waals surface area contributed by atoms with E-state index < -0.39 is 0 Å². The molecule has 1 unspecified atom stereocenters. The third-order valence-electron chi connectivity index (χ3n) is 6.79. The summed E-state index contributed by atoms with van der Waals surface area (Å²) in [5.74, 6) is 0. The number of nitrogens with zero attached hydrogens (tertiary/aromatic N) is 4. The van der Waals surface area contributed by atoms with Gasteiger partial charge in [0.1, 0.15) is 0 Å². The summed E-state index contributed by atoms with van der Waals surface area (Å²) in [4.78, 5) is 10.1. The Morgan fingerprint density at radius 3 is 2.57 bits per heavy atom. The van der Waals surface area contributed by atoms with E-state index in [1.165, 1.54) is 40.7 Å². The van der Waals surface area contributed by atoms with Crippen molar-refractivity contribution in [1.29, 1.82) is 0 Å². The fourth-order valence-electron chi connectivity index (χ4n) is 4.84. The molecule has 0 bridgehead atoms. The van der Waals surface area contributed by atoms with E-state index in [2.05, 4.69) is 64.6 Å². The molecule has 2 aromatic heterocycles. The number of piperazine rings is 1. The van der Waals surface area contributed by atoms with Crippen molar-refractivity contribution < 1.29 is 4.74 Å². The van der Waals surface area contributed by atoms with Crippen molar-refractivity contribution in [3.63, 3.8) is 0 Å². The number of hydrogen-bond acceptors (Lipinski definition) is 4. The molecule has 5 rings (SSSR count). The minimum absolute atomic E-state index is 0.0518. The fraction of sp³-hybridized carbons (Fsp3) is 0.480. The molecule has 5 nitrogen and oxygen atoms in total. The number of ether oxygens (including phenoxy) is 1. The van der Waals surface area contributed by atoms with Crippen molar-refractivity contribution in [3.05, 3.63) is 48.3 Å². The van der Waals surface area contributed by atoms with Crippen LogP contribution in [0.2, 0.25) is 0 Å². The summed E-state index contributed by atoms with van der Waals surface area (Å²) in [5.41, 5.74) is 5.92. The first kappa shape index (κ1) is 19.6. The average Bonchev–Trinajstić information content (AvgIpc) is 3.58. The van der Waals surface area contributed by atoms with Crippen LogP contribution in [0.5, 0.6) is 0 Å². The molecule has 0 N–H and O–H groups in total. The Balaban J connectivity index is 1.55. The van der Waals surface area contributed by atoms with Gasteiger partial charge in [-0.3, -0.25) is 9.88 Å². The lowest BCUT2D eigenvalue weighted by atomic mass is 10.0. The maximum Gasteiger partial charge on any atom is 0.0969 e. The van der Waals surface area contributed by atoms with Crippen LogP contribution in [0.4, 0.5) is 5.69 Å². The molecular weight excluding hydrogens is 372 g/mol. The molecule has 3 heterocycles. The van der Waals surface area contributed by atoms with Crippen LogP contribution in [0.25, 0.3) is 22.2 Å². The molecule has 1 aliphatic heterocycles.